The van der Waals surface area contributed by atoms with E-state index in [1.165, 1.54) is 36.5 Å². The Morgan fingerprint density at radius 2 is 2.25 bits per heavy atom. The molecule has 0 fully saturated rings. The smallest absolute Gasteiger partial charge is 0.107 e. The second-order valence-corrected chi connectivity index (χ2v) is 5.15. The van der Waals surface area contributed by atoms with Crippen LogP contribution in [0.1, 0.15) is 36.9 Å². The second-order valence-electron chi connectivity index (χ2n) is 4.21. The van der Waals surface area contributed by atoms with Crippen LogP contribution in [0.25, 0.3) is 0 Å². The van der Waals surface area contributed by atoms with Gasteiger partial charge in [0.2, 0.25) is 0 Å². The van der Waals surface area contributed by atoms with Gasteiger partial charge in [0.05, 0.1) is 5.69 Å². The van der Waals surface area contributed by atoms with Gasteiger partial charge >= 0.3 is 0 Å². The summed E-state index contributed by atoms with van der Waals surface area (Å²) < 4.78 is 0. The van der Waals surface area contributed by atoms with Crippen LogP contribution in [0.3, 0.4) is 0 Å². The van der Waals surface area contributed by atoms with Crippen molar-refractivity contribution >= 4 is 11.3 Å². The standard InChI is InChI=1S/C12H23N3S/c1-4-5-6-7-15(3)9-11-10-16-12(14-11)8-13-2/h10,13H,4-9H2,1-3H3. The van der Waals surface area contributed by atoms with Crippen molar-refractivity contribution in [1.82, 2.24) is 15.2 Å². The fraction of sp³-hybridized carbons (Fsp3) is 0.750. The molecule has 0 radical (unpaired) electrons. The molecular formula is C12H23N3S. The van der Waals surface area contributed by atoms with Crippen LogP contribution in [0, 0.1) is 0 Å². The molecule has 92 valence electrons. The summed E-state index contributed by atoms with van der Waals surface area (Å²) in [7, 11) is 4.13. The fourth-order valence-corrected chi connectivity index (χ4v) is 2.44. The number of hydrogen-bond acceptors (Lipinski definition) is 4. The summed E-state index contributed by atoms with van der Waals surface area (Å²) in [4.78, 5) is 6.94. The number of thiazole rings is 1. The molecule has 1 aromatic heterocycles. The first kappa shape index (κ1) is 13.6. The molecular weight excluding hydrogens is 218 g/mol. The largest absolute Gasteiger partial charge is 0.314 e. The Labute approximate surface area is 103 Å². The van der Waals surface area contributed by atoms with Gasteiger partial charge in [-0.05, 0) is 27.1 Å². The zero-order chi connectivity index (χ0) is 11.8. The molecule has 0 spiro atoms. The van der Waals surface area contributed by atoms with Crippen LogP contribution in [0.4, 0.5) is 0 Å². The van der Waals surface area contributed by atoms with E-state index in [1.807, 2.05) is 7.05 Å². The number of nitrogens with one attached hydrogen (secondary N) is 1. The van der Waals surface area contributed by atoms with Crippen LogP contribution < -0.4 is 5.32 Å². The number of nitrogens with zero attached hydrogens (tertiary/aromatic N) is 2. The van der Waals surface area contributed by atoms with Gasteiger partial charge in [-0.15, -0.1) is 11.3 Å². The molecule has 1 N–H and O–H groups in total. The molecule has 0 saturated heterocycles. The van der Waals surface area contributed by atoms with Crippen LogP contribution in [0.2, 0.25) is 0 Å². The first-order valence-corrected chi connectivity index (χ1v) is 6.90. The summed E-state index contributed by atoms with van der Waals surface area (Å²) in [5.74, 6) is 0. The Morgan fingerprint density at radius 3 is 2.94 bits per heavy atom. The maximum absolute atomic E-state index is 4.58. The van der Waals surface area contributed by atoms with Crippen LogP contribution in [0.5, 0.6) is 0 Å². The summed E-state index contributed by atoms with van der Waals surface area (Å²) >= 11 is 1.74. The van der Waals surface area contributed by atoms with Crippen LogP contribution in [0.15, 0.2) is 5.38 Å². The van der Waals surface area contributed by atoms with Gasteiger partial charge in [0.15, 0.2) is 0 Å². The van der Waals surface area contributed by atoms with Crippen molar-refractivity contribution in [3.63, 3.8) is 0 Å². The highest BCUT2D eigenvalue weighted by Gasteiger charge is 2.04. The molecule has 4 heteroatoms. The Hall–Kier alpha value is -0.450. The van der Waals surface area contributed by atoms with Gasteiger partial charge in [0, 0.05) is 18.5 Å². The van der Waals surface area contributed by atoms with Crippen molar-refractivity contribution in [2.24, 2.45) is 0 Å². The van der Waals surface area contributed by atoms with Gasteiger partial charge < -0.3 is 10.2 Å². The average molecular weight is 241 g/mol. The zero-order valence-electron chi connectivity index (χ0n) is 10.6. The molecule has 0 amide bonds. The van der Waals surface area contributed by atoms with Gasteiger partial charge in [0.1, 0.15) is 5.01 Å². The van der Waals surface area contributed by atoms with E-state index in [4.69, 9.17) is 0 Å². The third-order valence-electron chi connectivity index (χ3n) is 2.50. The highest BCUT2D eigenvalue weighted by atomic mass is 32.1. The molecule has 3 nitrogen and oxygen atoms in total. The minimum atomic E-state index is 0.879. The number of aromatic nitrogens is 1. The Bertz CT molecular complexity index is 286. The highest BCUT2D eigenvalue weighted by Crippen LogP contribution is 2.11. The average Bonchev–Trinajstić information content (AvgIpc) is 2.66. The van der Waals surface area contributed by atoms with Gasteiger partial charge in [0.25, 0.3) is 0 Å². The lowest BCUT2D eigenvalue weighted by atomic mass is 10.2. The summed E-state index contributed by atoms with van der Waals surface area (Å²) in [5.41, 5.74) is 1.20. The minimum absolute atomic E-state index is 0.879. The molecule has 0 aliphatic carbocycles. The molecule has 0 bridgehead atoms. The van der Waals surface area contributed by atoms with E-state index in [2.05, 4.69) is 34.6 Å². The lowest BCUT2D eigenvalue weighted by molar-refractivity contribution is 0.315. The number of rotatable bonds is 8. The third-order valence-corrected chi connectivity index (χ3v) is 3.40. The second kappa shape index (κ2) is 7.76. The maximum Gasteiger partial charge on any atom is 0.107 e. The van der Waals surface area contributed by atoms with Gasteiger partial charge in [-0.2, -0.15) is 0 Å². The number of hydrogen-bond donors (Lipinski definition) is 1. The molecule has 0 aliphatic rings. The molecule has 1 rings (SSSR count). The van der Waals surface area contributed by atoms with E-state index in [-0.39, 0.29) is 0 Å². The highest BCUT2D eigenvalue weighted by molar-refractivity contribution is 7.09. The maximum atomic E-state index is 4.58. The molecule has 16 heavy (non-hydrogen) atoms. The van der Waals surface area contributed by atoms with Crippen molar-refractivity contribution in [3.05, 3.63) is 16.1 Å². The van der Waals surface area contributed by atoms with Crippen molar-refractivity contribution in [1.29, 1.82) is 0 Å². The number of unbranched alkanes of at least 4 members (excludes halogenated alkanes) is 2. The van der Waals surface area contributed by atoms with E-state index >= 15 is 0 Å². The predicted octanol–water partition coefficient (Wildman–Crippen LogP) is 2.48. The molecule has 1 heterocycles. The van der Waals surface area contributed by atoms with Crippen LogP contribution in [-0.4, -0.2) is 30.5 Å². The first-order valence-electron chi connectivity index (χ1n) is 6.02. The zero-order valence-corrected chi connectivity index (χ0v) is 11.4. The monoisotopic (exact) mass is 241 g/mol. The lowest BCUT2D eigenvalue weighted by Gasteiger charge is -2.14. The van der Waals surface area contributed by atoms with Crippen molar-refractivity contribution in [2.75, 3.05) is 20.6 Å². The van der Waals surface area contributed by atoms with E-state index in [1.54, 1.807) is 11.3 Å². The summed E-state index contributed by atoms with van der Waals surface area (Å²) in [5, 5.41) is 6.48. The molecule has 0 aromatic carbocycles. The topological polar surface area (TPSA) is 28.2 Å². The SMILES string of the molecule is CCCCCN(C)Cc1csc(CNC)n1. The van der Waals surface area contributed by atoms with Crippen molar-refractivity contribution in [2.45, 2.75) is 39.3 Å². The summed E-state index contributed by atoms with van der Waals surface area (Å²) in [6.07, 6.45) is 3.91. The summed E-state index contributed by atoms with van der Waals surface area (Å²) in [6.45, 7) is 5.27. The van der Waals surface area contributed by atoms with Gasteiger partial charge in [-0.25, -0.2) is 4.98 Å². The molecule has 1 aromatic rings. The molecule has 0 atom stereocenters. The van der Waals surface area contributed by atoms with Crippen molar-refractivity contribution < 1.29 is 0 Å². The van der Waals surface area contributed by atoms with Gasteiger partial charge in [-0.1, -0.05) is 19.8 Å². The van der Waals surface area contributed by atoms with E-state index in [0.29, 0.717) is 0 Å². The van der Waals surface area contributed by atoms with Crippen molar-refractivity contribution in [3.8, 4) is 0 Å². The fourth-order valence-electron chi connectivity index (χ4n) is 1.64. The van der Waals surface area contributed by atoms with Crippen LogP contribution >= 0.6 is 11.3 Å². The molecule has 0 aliphatic heterocycles. The Balaban J connectivity index is 2.28. The summed E-state index contributed by atoms with van der Waals surface area (Å²) in [6, 6.07) is 0. The van der Waals surface area contributed by atoms with E-state index in [9.17, 15) is 0 Å². The first-order chi connectivity index (χ1) is 7.76. The minimum Gasteiger partial charge on any atom is -0.314 e. The Morgan fingerprint density at radius 1 is 1.44 bits per heavy atom. The van der Waals surface area contributed by atoms with Gasteiger partial charge in [-0.3, -0.25) is 0 Å². The van der Waals surface area contributed by atoms with E-state index in [0.717, 1.165) is 13.1 Å². The lowest BCUT2D eigenvalue weighted by Crippen LogP contribution is -2.19. The van der Waals surface area contributed by atoms with E-state index < -0.39 is 0 Å². The van der Waals surface area contributed by atoms with Crippen LogP contribution in [-0.2, 0) is 13.1 Å². The molecule has 0 saturated carbocycles. The normalized spacial score (nSPS) is 11.2. The predicted molar refractivity (Wildman–Crippen MR) is 70.7 cm³/mol. The quantitative estimate of drug-likeness (QED) is 0.709. The Kier molecular flexibility index (Phi) is 6.61. The third kappa shape index (κ3) is 5.05. The molecule has 0 unspecified atom stereocenters.